The van der Waals surface area contributed by atoms with Gasteiger partial charge < -0.3 is 19.7 Å². The van der Waals surface area contributed by atoms with E-state index >= 15 is 0 Å². The van der Waals surface area contributed by atoms with E-state index < -0.39 is 0 Å². The van der Waals surface area contributed by atoms with Crippen molar-refractivity contribution in [2.24, 2.45) is 0 Å². The molecular weight excluding hydrogens is 440 g/mol. The first-order valence-corrected chi connectivity index (χ1v) is 12.3. The van der Waals surface area contributed by atoms with Crippen molar-refractivity contribution >= 4 is 17.9 Å². The molecule has 4 heterocycles. The molecule has 0 radical (unpaired) electrons. The number of rotatable bonds is 9. The van der Waals surface area contributed by atoms with Crippen LogP contribution < -0.4 is 15.1 Å². The highest BCUT2D eigenvalue weighted by Crippen LogP contribution is 2.30. The zero-order valence-corrected chi connectivity index (χ0v) is 21.6. The Morgan fingerprint density at radius 1 is 1.20 bits per heavy atom. The van der Waals surface area contributed by atoms with Gasteiger partial charge in [0.25, 0.3) is 0 Å². The summed E-state index contributed by atoms with van der Waals surface area (Å²) in [5, 5.41) is 12.1. The third-order valence-electron chi connectivity index (χ3n) is 6.82. The van der Waals surface area contributed by atoms with Gasteiger partial charge in [0.1, 0.15) is 23.2 Å². The number of aryl methyl sites for hydroxylation is 1. The van der Waals surface area contributed by atoms with Crippen molar-refractivity contribution in [3.63, 3.8) is 0 Å². The maximum atomic E-state index is 12.1. The molecule has 4 rings (SSSR count). The van der Waals surface area contributed by atoms with E-state index in [2.05, 4.69) is 50.7 Å². The van der Waals surface area contributed by atoms with Crippen LogP contribution in [0.3, 0.4) is 0 Å². The van der Waals surface area contributed by atoms with E-state index in [4.69, 9.17) is 9.97 Å². The number of aromatic nitrogens is 5. The third-order valence-corrected chi connectivity index (χ3v) is 6.82. The number of carbonyl (C=O) groups is 1. The van der Waals surface area contributed by atoms with Gasteiger partial charge in [-0.05, 0) is 58.9 Å². The van der Waals surface area contributed by atoms with Crippen molar-refractivity contribution in [3.8, 4) is 11.5 Å². The lowest BCUT2D eigenvalue weighted by atomic mass is 10.1. The normalized spacial score (nSPS) is 15.2. The second-order valence-corrected chi connectivity index (χ2v) is 9.64. The number of nitrogens with one attached hydrogen (secondary N) is 1. The summed E-state index contributed by atoms with van der Waals surface area (Å²) in [6.07, 6.45) is 4.14. The maximum absolute atomic E-state index is 12.1. The summed E-state index contributed by atoms with van der Waals surface area (Å²) >= 11 is 0. The van der Waals surface area contributed by atoms with Gasteiger partial charge in [-0.1, -0.05) is 6.07 Å². The van der Waals surface area contributed by atoms with Crippen LogP contribution >= 0.6 is 0 Å². The van der Waals surface area contributed by atoms with Gasteiger partial charge >= 0.3 is 0 Å². The summed E-state index contributed by atoms with van der Waals surface area (Å²) in [7, 11) is 5.87. The molecule has 186 valence electrons. The van der Waals surface area contributed by atoms with Crippen LogP contribution in [0.1, 0.15) is 67.1 Å². The Labute approximate surface area is 207 Å². The molecule has 35 heavy (non-hydrogen) atoms. The smallest absolute Gasteiger partial charge is 0.182 e. The molecule has 0 saturated heterocycles. The predicted octanol–water partition coefficient (Wildman–Crippen LogP) is 3.65. The Hall–Kier alpha value is -3.33. The lowest BCUT2D eigenvalue weighted by molar-refractivity contribution is 0.112. The summed E-state index contributed by atoms with van der Waals surface area (Å²) in [5.74, 6) is 3.45. The second-order valence-electron chi connectivity index (χ2n) is 9.64. The quantitative estimate of drug-likeness (QED) is 0.468. The molecule has 0 unspecified atom stereocenters. The van der Waals surface area contributed by atoms with Gasteiger partial charge in [-0.2, -0.15) is 0 Å². The van der Waals surface area contributed by atoms with Crippen LogP contribution in [0, 0.1) is 0 Å². The van der Waals surface area contributed by atoms with Crippen LogP contribution in [0.2, 0.25) is 0 Å². The fourth-order valence-electron chi connectivity index (χ4n) is 4.57. The van der Waals surface area contributed by atoms with Gasteiger partial charge in [0.05, 0.1) is 5.69 Å². The molecule has 9 nitrogen and oxygen atoms in total. The zero-order chi connectivity index (χ0) is 25.1. The van der Waals surface area contributed by atoms with Gasteiger partial charge in [-0.25, -0.2) is 9.97 Å². The topological polar surface area (TPSA) is 92.1 Å². The molecule has 3 aromatic heterocycles. The maximum Gasteiger partial charge on any atom is 0.182 e. The Morgan fingerprint density at radius 3 is 2.71 bits per heavy atom. The summed E-state index contributed by atoms with van der Waals surface area (Å²) in [4.78, 5) is 26.0. The summed E-state index contributed by atoms with van der Waals surface area (Å²) in [5.41, 5.74) is 3.22. The highest BCUT2D eigenvalue weighted by molar-refractivity contribution is 5.79. The molecule has 1 N–H and O–H groups in total. The fourth-order valence-corrected chi connectivity index (χ4v) is 4.57. The number of hydrogen-bond donors (Lipinski definition) is 1. The van der Waals surface area contributed by atoms with Crippen LogP contribution in [-0.2, 0) is 19.5 Å². The van der Waals surface area contributed by atoms with Gasteiger partial charge in [-0.15, -0.1) is 10.2 Å². The molecule has 0 fully saturated rings. The van der Waals surface area contributed by atoms with E-state index in [1.165, 1.54) is 0 Å². The van der Waals surface area contributed by atoms with Crippen LogP contribution in [0.4, 0.5) is 11.6 Å². The first kappa shape index (κ1) is 24.8. The van der Waals surface area contributed by atoms with Gasteiger partial charge in [-0.3, -0.25) is 4.79 Å². The first-order valence-electron chi connectivity index (χ1n) is 12.3. The molecule has 0 amide bonds. The monoisotopic (exact) mass is 476 g/mol. The largest absolute Gasteiger partial charge is 0.357 e. The van der Waals surface area contributed by atoms with Crippen molar-refractivity contribution in [1.82, 2.24) is 30.0 Å². The Bertz CT molecular complexity index is 1190. The number of anilines is 2. The minimum absolute atomic E-state index is 0.274. The van der Waals surface area contributed by atoms with E-state index in [-0.39, 0.29) is 6.04 Å². The molecule has 3 aromatic rings. The fraction of sp³-hybridized carbons (Fsp3) is 0.500. The van der Waals surface area contributed by atoms with Crippen molar-refractivity contribution in [2.45, 2.75) is 65.2 Å². The summed E-state index contributed by atoms with van der Waals surface area (Å²) < 4.78 is 2.22. The molecular formula is C26H36N8O. The number of pyridine rings is 2. The van der Waals surface area contributed by atoms with Crippen molar-refractivity contribution in [3.05, 3.63) is 46.9 Å². The van der Waals surface area contributed by atoms with Gasteiger partial charge in [0.15, 0.2) is 12.1 Å². The van der Waals surface area contributed by atoms with E-state index in [0.29, 0.717) is 24.7 Å². The molecule has 1 atom stereocenters. The highest BCUT2D eigenvalue weighted by Gasteiger charge is 2.24. The molecule has 1 aliphatic heterocycles. The molecule has 1 aliphatic rings. The molecule has 9 heteroatoms. The minimum atomic E-state index is 0.274. The lowest BCUT2D eigenvalue weighted by Crippen LogP contribution is -2.28. The van der Waals surface area contributed by atoms with Crippen molar-refractivity contribution in [2.75, 3.05) is 30.9 Å². The van der Waals surface area contributed by atoms with E-state index in [1.54, 1.807) is 0 Å². The first-order chi connectivity index (χ1) is 16.8. The van der Waals surface area contributed by atoms with E-state index in [9.17, 15) is 4.79 Å². The SMILES string of the molecule is CNCc1nc(N(C)C(C)C)cc(C=O)c1CN(C)c1cccc(-c2nnc3n2[C@@H](C)CCC3)n1. The second kappa shape index (κ2) is 10.5. The lowest BCUT2D eigenvalue weighted by Gasteiger charge is -2.26. The average molecular weight is 477 g/mol. The van der Waals surface area contributed by atoms with Crippen LogP contribution in [0.15, 0.2) is 24.3 Å². The van der Waals surface area contributed by atoms with Crippen LogP contribution in [0.25, 0.3) is 11.5 Å². The molecule has 0 aliphatic carbocycles. The minimum Gasteiger partial charge on any atom is -0.357 e. The highest BCUT2D eigenvalue weighted by atomic mass is 16.1. The number of carbonyl (C=O) groups excluding carboxylic acids is 1. The average Bonchev–Trinajstić information content (AvgIpc) is 3.30. The van der Waals surface area contributed by atoms with Crippen molar-refractivity contribution in [1.29, 1.82) is 0 Å². The standard InChI is InChI=1S/C26H36N8O/c1-17(2)33(6)25-13-19(16-35)20(22(29-25)14-27-4)15-32(5)23-11-8-10-21(28-23)26-31-30-24-12-7-9-18(3)34(24)26/h8,10-11,13,16-18,27H,7,9,12,14-15H2,1-6H3/t18-/m0/s1. The van der Waals surface area contributed by atoms with Crippen LogP contribution in [-0.4, -0.2) is 58.2 Å². The summed E-state index contributed by atoms with van der Waals surface area (Å²) in [6, 6.07) is 8.47. The van der Waals surface area contributed by atoms with Crippen molar-refractivity contribution < 1.29 is 4.79 Å². The molecule has 0 saturated carbocycles. The Morgan fingerprint density at radius 2 is 2.00 bits per heavy atom. The number of nitrogens with zero attached hydrogens (tertiary/aromatic N) is 7. The molecule has 0 spiro atoms. The van der Waals surface area contributed by atoms with Gasteiger partial charge in [0.2, 0.25) is 0 Å². The molecule has 0 aromatic carbocycles. The zero-order valence-electron chi connectivity index (χ0n) is 21.6. The third kappa shape index (κ3) is 5.05. The Balaban J connectivity index is 1.66. The van der Waals surface area contributed by atoms with Crippen LogP contribution in [0.5, 0.6) is 0 Å². The predicted molar refractivity (Wildman–Crippen MR) is 139 cm³/mol. The Kier molecular flexibility index (Phi) is 7.45. The van der Waals surface area contributed by atoms with Gasteiger partial charge in [0, 0.05) is 56.8 Å². The number of aldehydes is 1. The number of fused-ring (bicyclic) bond motifs is 1. The van der Waals surface area contributed by atoms with E-state index in [1.807, 2.05) is 45.4 Å². The summed E-state index contributed by atoms with van der Waals surface area (Å²) in [6.45, 7) is 7.50. The number of hydrogen-bond acceptors (Lipinski definition) is 8. The van der Waals surface area contributed by atoms with E-state index in [0.717, 1.165) is 65.8 Å². The molecule has 0 bridgehead atoms.